The van der Waals surface area contributed by atoms with E-state index in [4.69, 9.17) is 0 Å². The van der Waals surface area contributed by atoms with Gasteiger partial charge in [-0.2, -0.15) is 10.2 Å². The minimum Gasteiger partial charge on any atom is -0.346 e. The monoisotopic (exact) mass is 474 g/mol. The van der Waals surface area contributed by atoms with Crippen molar-refractivity contribution < 1.29 is 13.6 Å². The summed E-state index contributed by atoms with van der Waals surface area (Å²) >= 11 is 0. The number of halogens is 2. The number of hydrogen-bond acceptors (Lipinski definition) is 3. The molecule has 7 nitrogen and oxygen atoms in total. The number of aryl methyl sites for hydroxylation is 1. The number of benzene rings is 2. The van der Waals surface area contributed by atoms with Crippen molar-refractivity contribution in [1.29, 1.82) is 0 Å². The lowest BCUT2D eigenvalue weighted by molar-refractivity contribution is 0.0175. The van der Waals surface area contributed by atoms with Crippen LogP contribution in [-0.4, -0.2) is 30.5 Å². The van der Waals surface area contributed by atoms with E-state index in [-0.39, 0.29) is 11.5 Å². The fourth-order valence-corrected chi connectivity index (χ4v) is 4.68. The number of rotatable bonds is 6. The molecule has 35 heavy (non-hydrogen) atoms. The van der Waals surface area contributed by atoms with Gasteiger partial charge in [-0.05, 0) is 54.7 Å². The van der Waals surface area contributed by atoms with E-state index in [1.807, 2.05) is 36.1 Å². The van der Waals surface area contributed by atoms with Crippen LogP contribution in [0.3, 0.4) is 0 Å². The summed E-state index contributed by atoms with van der Waals surface area (Å²) in [5.74, 6) is -2.54. The van der Waals surface area contributed by atoms with Crippen molar-refractivity contribution in [3.63, 3.8) is 0 Å². The number of carbonyl (C=O) groups is 1. The molecule has 9 heteroatoms. The Morgan fingerprint density at radius 2 is 1.94 bits per heavy atom. The molecule has 2 N–H and O–H groups in total. The van der Waals surface area contributed by atoms with Crippen LogP contribution in [0.25, 0.3) is 27.6 Å². The summed E-state index contributed by atoms with van der Waals surface area (Å²) in [6.07, 6.45) is 6.15. The van der Waals surface area contributed by atoms with Crippen molar-refractivity contribution in [3.05, 3.63) is 77.2 Å². The van der Waals surface area contributed by atoms with E-state index in [0.29, 0.717) is 23.7 Å². The number of nitrogens with zero attached hydrogens (tertiary/aromatic N) is 4. The van der Waals surface area contributed by atoms with E-state index in [1.54, 1.807) is 22.9 Å². The third kappa shape index (κ3) is 3.77. The van der Waals surface area contributed by atoms with E-state index in [1.165, 1.54) is 30.5 Å². The molecular formula is C26H24F2N6O. The number of H-pyrrole nitrogens is 1. The maximum atomic E-state index is 13.7. The van der Waals surface area contributed by atoms with Gasteiger partial charge >= 0.3 is 0 Å². The third-order valence-corrected chi connectivity index (χ3v) is 6.63. The van der Waals surface area contributed by atoms with Crippen molar-refractivity contribution >= 4 is 27.8 Å². The highest BCUT2D eigenvalue weighted by atomic mass is 19.3. The molecule has 6 rings (SSSR count). The molecule has 0 unspecified atom stereocenters. The molecule has 1 fully saturated rings. The van der Waals surface area contributed by atoms with Gasteiger partial charge in [-0.3, -0.25) is 19.1 Å². The highest BCUT2D eigenvalue weighted by molar-refractivity contribution is 6.10. The number of aromatic nitrogens is 5. The van der Waals surface area contributed by atoms with Crippen LogP contribution in [-0.2, 0) is 19.5 Å². The van der Waals surface area contributed by atoms with E-state index >= 15 is 0 Å². The zero-order valence-electron chi connectivity index (χ0n) is 19.3. The van der Waals surface area contributed by atoms with Crippen LogP contribution in [0.4, 0.5) is 8.78 Å². The fourth-order valence-electron chi connectivity index (χ4n) is 4.68. The smallest absolute Gasteiger partial charge is 0.270 e. The van der Waals surface area contributed by atoms with E-state index in [0.717, 1.165) is 34.6 Å². The number of carbonyl (C=O) groups excluding carboxylic acids is 1. The average molecular weight is 475 g/mol. The fraction of sp³-hybridized carbons (Fsp3) is 0.269. The first-order valence-electron chi connectivity index (χ1n) is 11.6. The second-order valence-corrected chi connectivity index (χ2v) is 9.29. The van der Waals surface area contributed by atoms with Crippen molar-refractivity contribution in [3.8, 4) is 5.69 Å². The Bertz CT molecular complexity index is 1570. The highest BCUT2D eigenvalue weighted by Crippen LogP contribution is 2.41. The second kappa shape index (κ2) is 7.76. The Balaban J connectivity index is 1.35. The largest absolute Gasteiger partial charge is 0.346 e. The predicted octanol–water partition coefficient (Wildman–Crippen LogP) is 5.16. The standard InChI is InChI=1S/C26H24F2N6O/c1-26(27,28)17-6-8-18(9-7-17)34-23-10-5-16(11-19(23)21-14-33(2)32-24(21)34)25(35)29-13-22-20(12-30-31-22)15-3-4-15/h5-12,14-15H,3-4,13H2,1-2H3,(H,29,35)(H,30,31). The van der Waals surface area contributed by atoms with Crippen LogP contribution in [0.2, 0.25) is 0 Å². The van der Waals surface area contributed by atoms with Gasteiger partial charge in [0.1, 0.15) is 0 Å². The molecule has 0 atom stereocenters. The van der Waals surface area contributed by atoms with E-state index in [9.17, 15) is 13.6 Å². The summed E-state index contributed by atoms with van der Waals surface area (Å²) in [5.41, 5.74) is 4.81. The van der Waals surface area contributed by atoms with Crippen LogP contribution in [0, 0.1) is 0 Å². The van der Waals surface area contributed by atoms with Gasteiger partial charge in [0.15, 0.2) is 5.65 Å². The van der Waals surface area contributed by atoms with Gasteiger partial charge in [0.05, 0.1) is 17.8 Å². The van der Waals surface area contributed by atoms with Gasteiger partial charge in [0.25, 0.3) is 11.8 Å². The molecule has 0 radical (unpaired) electrons. The summed E-state index contributed by atoms with van der Waals surface area (Å²) < 4.78 is 31.1. The Morgan fingerprint density at radius 3 is 2.66 bits per heavy atom. The molecule has 1 amide bonds. The number of alkyl halides is 2. The van der Waals surface area contributed by atoms with Crippen molar-refractivity contribution in [2.45, 2.75) is 38.2 Å². The Morgan fingerprint density at radius 1 is 1.17 bits per heavy atom. The zero-order chi connectivity index (χ0) is 24.3. The molecule has 0 spiro atoms. The quantitative estimate of drug-likeness (QED) is 0.357. The van der Waals surface area contributed by atoms with Gasteiger partial charge in [0.2, 0.25) is 0 Å². The van der Waals surface area contributed by atoms with Crippen LogP contribution >= 0.6 is 0 Å². The molecule has 178 valence electrons. The number of aromatic amines is 1. The number of hydrogen-bond donors (Lipinski definition) is 2. The van der Waals surface area contributed by atoms with Gasteiger partial charge in [0, 0.05) is 54.0 Å². The minimum absolute atomic E-state index is 0.0457. The normalized spacial score (nSPS) is 14.2. The first-order chi connectivity index (χ1) is 16.8. The van der Waals surface area contributed by atoms with E-state index < -0.39 is 5.92 Å². The van der Waals surface area contributed by atoms with Crippen molar-refractivity contribution in [2.24, 2.45) is 7.05 Å². The molecule has 3 heterocycles. The first kappa shape index (κ1) is 21.5. The van der Waals surface area contributed by atoms with E-state index in [2.05, 4.69) is 20.6 Å². The van der Waals surface area contributed by atoms with Gasteiger partial charge in [-0.1, -0.05) is 12.1 Å². The first-order valence-corrected chi connectivity index (χ1v) is 11.6. The molecule has 1 aliphatic rings. The molecule has 5 aromatic rings. The molecule has 1 saturated carbocycles. The Labute approximate surface area is 199 Å². The topological polar surface area (TPSA) is 80.5 Å². The SMILES string of the molecule is Cn1cc2c3cc(C(=O)NCc4n[nH]cc4C4CC4)ccc3n(-c3ccc(C(C)(F)F)cc3)c2n1. The van der Waals surface area contributed by atoms with Crippen LogP contribution < -0.4 is 5.32 Å². The predicted molar refractivity (Wildman–Crippen MR) is 129 cm³/mol. The molecule has 0 aliphatic heterocycles. The van der Waals surface area contributed by atoms with Crippen molar-refractivity contribution in [2.75, 3.05) is 0 Å². The Kier molecular flexibility index (Phi) is 4.77. The summed E-state index contributed by atoms with van der Waals surface area (Å²) in [7, 11) is 1.83. The lowest BCUT2D eigenvalue weighted by Crippen LogP contribution is -2.23. The molecular weight excluding hydrogens is 450 g/mol. The molecule has 0 bridgehead atoms. The molecule has 2 aromatic carbocycles. The average Bonchev–Trinajstić information content (AvgIpc) is 3.33. The maximum absolute atomic E-state index is 13.7. The van der Waals surface area contributed by atoms with Gasteiger partial charge in [-0.15, -0.1) is 0 Å². The lowest BCUT2D eigenvalue weighted by atomic mass is 10.1. The number of fused-ring (bicyclic) bond motifs is 3. The summed E-state index contributed by atoms with van der Waals surface area (Å²) in [6, 6.07) is 11.7. The molecule has 1 aliphatic carbocycles. The summed E-state index contributed by atoms with van der Waals surface area (Å²) in [4.78, 5) is 13.0. The Hall–Kier alpha value is -4.01. The van der Waals surface area contributed by atoms with Crippen LogP contribution in [0.5, 0.6) is 0 Å². The van der Waals surface area contributed by atoms with Gasteiger partial charge in [-0.25, -0.2) is 8.78 Å². The lowest BCUT2D eigenvalue weighted by Gasteiger charge is -2.12. The number of amides is 1. The number of nitrogens with one attached hydrogen (secondary N) is 2. The van der Waals surface area contributed by atoms with Crippen LogP contribution in [0.15, 0.2) is 54.9 Å². The van der Waals surface area contributed by atoms with Gasteiger partial charge < -0.3 is 5.32 Å². The molecule has 3 aromatic heterocycles. The zero-order valence-corrected chi connectivity index (χ0v) is 19.3. The summed E-state index contributed by atoms with van der Waals surface area (Å²) in [5, 5.41) is 16.5. The highest BCUT2D eigenvalue weighted by Gasteiger charge is 2.28. The van der Waals surface area contributed by atoms with Crippen molar-refractivity contribution in [1.82, 2.24) is 29.9 Å². The second-order valence-electron chi connectivity index (χ2n) is 9.29. The molecule has 0 saturated heterocycles. The summed E-state index contributed by atoms with van der Waals surface area (Å²) in [6.45, 7) is 1.25. The maximum Gasteiger partial charge on any atom is 0.270 e. The third-order valence-electron chi connectivity index (χ3n) is 6.63. The van der Waals surface area contributed by atoms with Crippen LogP contribution in [0.1, 0.15) is 52.9 Å². The minimum atomic E-state index is -2.91.